The van der Waals surface area contributed by atoms with Crippen molar-refractivity contribution in [3.8, 4) is 44.8 Å². The van der Waals surface area contributed by atoms with Crippen molar-refractivity contribution in [2.45, 2.75) is 76.0 Å². The molecule has 0 bridgehead atoms. The third-order valence-corrected chi connectivity index (χ3v) is 11.5. The molecule has 5 aromatic carbocycles. The summed E-state index contributed by atoms with van der Waals surface area (Å²) in [5, 5.41) is 2.29. The van der Waals surface area contributed by atoms with Crippen molar-refractivity contribution < 1.29 is 0 Å². The van der Waals surface area contributed by atoms with E-state index in [1.807, 2.05) is 0 Å². The van der Waals surface area contributed by atoms with Crippen LogP contribution in [0.5, 0.6) is 0 Å². The minimum absolute atomic E-state index is 0.579. The third kappa shape index (κ3) is 5.81. The highest BCUT2D eigenvalue weighted by atomic mass is 14.8. The number of benzene rings is 5. The van der Waals surface area contributed by atoms with Crippen molar-refractivity contribution in [2.24, 2.45) is 0 Å². The third-order valence-electron chi connectivity index (χ3n) is 11.5. The lowest BCUT2D eigenvalue weighted by atomic mass is 9.81. The van der Waals surface area contributed by atoms with Gasteiger partial charge in [0, 0.05) is 21.9 Å². The summed E-state index contributed by atoms with van der Waals surface area (Å²) >= 11 is 0. The number of nitrogens with zero attached hydrogens (tertiary/aromatic N) is 2. The molecule has 0 saturated heterocycles. The molecule has 246 valence electrons. The van der Waals surface area contributed by atoms with Crippen LogP contribution in [-0.2, 0) is 0 Å². The van der Waals surface area contributed by atoms with Crippen LogP contribution in [0.1, 0.15) is 87.2 Å². The summed E-state index contributed by atoms with van der Waals surface area (Å²) < 4.78 is 0. The van der Waals surface area contributed by atoms with Crippen LogP contribution >= 0.6 is 0 Å². The number of rotatable bonds is 6. The Balaban J connectivity index is 1.34. The molecule has 2 heteroatoms. The van der Waals surface area contributed by atoms with Crippen LogP contribution in [0.4, 0.5) is 0 Å². The van der Waals surface area contributed by atoms with Crippen molar-refractivity contribution >= 4 is 21.8 Å². The molecule has 2 fully saturated rings. The smallest absolute Gasteiger partial charge is 0.0978 e. The van der Waals surface area contributed by atoms with Gasteiger partial charge in [0.2, 0.25) is 0 Å². The molecule has 9 rings (SSSR count). The molecule has 0 N–H and O–H groups in total. The first kappa shape index (κ1) is 30.9. The molecule has 0 spiro atoms. The second-order valence-corrected chi connectivity index (χ2v) is 14.5. The van der Waals surface area contributed by atoms with Gasteiger partial charge in [-0.3, -0.25) is 0 Å². The van der Waals surface area contributed by atoms with E-state index >= 15 is 0 Å². The van der Waals surface area contributed by atoms with Crippen molar-refractivity contribution in [1.82, 2.24) is 9.97 Å². The van der Waals surface area contributed by atoms with Gasteiger partial charge in [-0.2, -0.15) is 0 Å². The topological polar surface area (TPSA) is 25.8 Å². The minimum atomic E-state index is 0.579. The van der Waals surface area contributed by atoms with Crippen LogP contribution < -0.4 is 0 Å². The molecule has 2 aromatic heterocycles. The SMILES string of the molecule is c1ccc(-c2cc(-c3ccccc3C3CCCCC3)nc3c2ccc2c(-c4ccccc4)cc(-c4ccccc4C4CCCCC4)nc23)cc1. The Hall–Kier alpha value is -5.08. The van der Waals surface area contributed by atoms with Crippen LogP contribution in [0.25, 0.3) is 66.6 Å². The lowest BCUT2D eigenvalue weighted by Crippen LogP contribution is -2.07. The predicted molar refractivity (Wildman–Crippen MR) is 210 cm³/mol. The van der Waals surface area contributed by atoms with E-state index in [0.29, 0.717) is 11.8 Å². The second kappa shape index (κ2) is 13.7. The van der Waals surface area contributed by atoms with Crippen molar-refractivity contribution in [3.05, 3.63) is 145 Å². The molecule has 0 aliphatic heterocycles. The maximum absolute atomic E-state index is 5.63. The molecule has 0 atom stereocenters. The van der Waals surface area contributed by atoms with Crippen LogP contribution in [-0.4, -0.2) is 9.97 Å². The summed E-state index contributed by atoms with van der Waals surface area (Å²) in [5.41, 5.74) is 14.3. The highest BCUT2D eigenvalue weighted by molar-refractivity contribution is 6.13. The lowest BCUT2D eigenvalue weighted by Gasteiger charge is -2.25. The maximum atomic E-state index is 5.63. The standard InChI is InChI=1S/C48H44N2/c1-5-17-33(18-6-1)37-25-13-15-27-39(37)45-31-43(35-21-9-3-10-22-35)41-29-30-42-44(36-23-11-4-12-24-36)32-46(50-48(42)47(41)49-45)40-28-16-14-26-38(40)34-19-7-2-8-20-34/h3-4,9-16,21-34H,1-2,5-8,17-20H2. The van der Waals surface area contributed by atoms with Gasteiger partial charge in [-0.05, 0) is 83.0 Å². The van der Waals surface area contributed by atoms with Gasteiger partial charge in [0.15, 0.2) is 0 Å². The zero-order valence-corrected chi connectivity index (χ0v) is 28.8. The number of fused-ring (bicyclic) bond motifs is 3. The molecular formula is C48H44N2. The zero-order valence-electron chi connectivity index (χ0n) is 28.8. The molecule has 0 unspecified atom stereocenters. The largest absolute Gasteiger partial charge is 0.245 e. The van der Waals surface area contributed by atoms with Crippen molar-refractivity contribution in [1.29, 1.82) is 0 Å². The summed E-state index contributed by atoms with van der Waals surface area (Å²) in [6, 6.07) is 49.1. The van der Waals surface area contributed by atoms with E-state index < -0.39 is 0 Å². The highest BCUT2D eigenvalue weighted by Crippen LogP contribution is 2.44. The molecule has 2 saturated carbocycles. The molecule has 2 heterocycles. The summed E-state index contributed by atoms with van der Waals surface area (Å²) in [5.74, 6) is 1.16. The number of aromatic nitrogens is 2. The van der Waals surface area contributed by atoms with E-state index in [1.54, 1.807) is 0 Å². The Bertz CT molecular complexity index is 2110. The predicted octanol–water partition coefficient (Wildman–Crippen LogP) is 13.5. The first-order valence-corrected chi connectivity index (χ1v) is 18.9. The van der Waals surface area contributed by atoms with Gasteiger partial charge in [-0.25, -0.2) is 9.97 Å². The molecule has 2 nitrogen and oxygen atoms in total. The quantitative estimate of drug-likeness (QED) is 0.168. The van der Waals surface area contributed by atoms with Gasteiger partial charge in [0.1, 0.15) is 0 Å². The average Bonchev–Trinajstić information content (AvgIpc) is 3.21. The van der Waals surface area contributed by atoms with E-state index in [-0.39, 0.29) is 0 Å². The number of hydrogen-bond acceptors (Lipinski definition) is 2. The minimum Gasteiger partial charge on any atom is -0.245 e. The van der Waals surface area contributed by atoms with E-state index in [1.165, 1.54) is 109 Å². The van der Waals surface area contributed by atoms with E-state index in [2.05, 4.69) is 133 Å². The van der Waals surface area contributed by atoms with Crippen molar-refractivity contribution in [3.63, 3.8) is 0 Å². The Morgan fingerprint density at radius 1 is 0.360 bits per heavy atom. The first-order chi connectivity index (χ1) is 24.8. The zero-order chi connectivity index (χ0) is 33.3. The van der Waals surface area contributed by atoms with Gasteiger partial charge in [0.25, 0.3) is 0 Å². The molecule has 2 aliphatic rings. The van der Waals surface area contributed by atoms with Crippen LogP contribution in [0.15, 0.2) is 133 Å². The Kier molecular flexibility index (Phi) is 8.46. The summed E-state index contributed by atoms with van der Waals surface area (Å²) in [7, 11) is 0. The van der Waals surface area contributed by atoms with Gasteiger partial charge >= 0.3 is 0 Å². The molecule has 50 heavy (non-hydrogen) atoms. The average molecular weight is 649 g/mol. The fourth-order valence-corrected chi connectivity index (χ4v) is 8.96. The molecular weight excluding hydrogens is 605 g/mol. The molecule has 2 aliphatic carbocycles. The van der Waals surface area contributed by atoms with Crippen LogP contribution in [0.2, 0.25) is 0 Å². The maximum Gasteiger partial charge on any atom is 0.0978 e. The van der Waals surface area contributed by atoms with Gasteiger partial charge in [-0.1, -0.05) is 160 Å². The Labute approximate surface area is 296 Å². The molecule has 7 aromatic rings. The van der Waals surface area contributed by atoms with Gasteiger partial charge < -0.3 is 0 Å². The lowest BCUT2D eigenvalue weighted by molar-refractivity contribution is 0.444. The van der Waals surface area contributed by atoms with E-state index in [4.69, 9.17) is 9.97 Å². The molecule has 0 amide bonds. The molecule has 0 radical (unpaired) electrons. The fourth-order valence-electron chi connectivity index (χ4n) is 8.96. The monoisotopic (exact) mass is 648 g/mol. The summed E-state index contributed by atoms with van der Waals surface area (Å²) in [6.07, 6.45) is 12.9. The summed E-state index contributed by atoms with van der Waals surface area (Å²) in [6.45, 7) is 0. The van der Waals surface area contributed by atoms with E-state index in [9.17, 15) is 0 Å². The number of hydrogen-bond donors (Lipinski definition) is 0. The summed E-state index contributed by atoms with van der Waals surface area (Å²) in [4.78, 5) is 11.3. The van der Waals surface area contributed by atoms with E-state index in [0.717, 1.165) is 33.2 Å². The van der Waals surface area contributed by atoms with Crippen molar-refractivity contribution in [2.75, 3.05) is 0 Å². The van der Waals surface area contributed by atoms with Crippen LogP contribution in [0, 0.1) is 0 Å². The fraction of sp³-hybridized carbons (Fsp3) is 0.250. The second-order valence-electron chi connectivity index (χ2n) is 14.5. The first-order valence-electron chi connectivity index (χ1n) is 18.9. The van der Waals surface area contributed by atoms with Gasteiger partial charge in [-0.15, -0.1) is 0 Å². The normalized spacial score (nSPS) is 15.8. The Morgan fingerprint density at radius 2 is 0.740 bits per heavy atom. The number of pyridine rings is 2. The Morgan fingerprint density at radius 3 is 1.16 bits per heavy atom. The van der Waals surface area contributed by atoms with Crippen LogP contribution in [0.3, 0.4) is 0 Å². The van der Waals surface area contributed by atoms with Gasteiger partial charge in [0.05, 0.1) is 22.4 Å². The highest BCUT2D eigenvalue weighted by Gasteiger charge is 2.23.